The van der Waals surface area contributed by atoms with Crippen LogP contribution in [0.2, 0.25) is 0 Å². The van der Waals surface area contributed by atoms with Gasteiger partial charge in [-0.3, -0.25) is 0 Å². The van der Waals surface area contributed by atoms with E-state index in [1.165, 1.54) is 18.6 Å². The molecule has 2 N–H and O–H groups in total. The fourth-order valence-electron chi connectivity index (χ4n) is 1.84. The number of nitrogens with two attached hydrogens (primary N) is 1. The lowest BCUT2D eigenvalue weighted by Crippen LogP contribution is -2.28. The Hall–Kier alpha value is -0.860. The lowest BCUT2D eigenvalue weighted by atomic mass is 9.88. The van der Waals surface area contributed by atoms with E-state index in [1.54, 1.807) is 0 Å². The average Bonchev–Trinajstić information content (AvgIpc) is 2.04. The quantitative estimate of drug-likeness (QED) is 0.712. The van der Waals surface area contributed by atoms with Gasteiger partial charge in [0.1, 0.15) is 5.84 Å². The van der Waals surface area contributed by atoms with Crippen LogP contribution in [-0.2, 0) is 0 Å². The van der Waals surface area contributed by atoms with Crippen molar-refractivity contribution in [1.29, 1.82) is 0 Å². The van der Waals surface area contributed by atoms with Crippen molar-refractivity contribution in [3.05, 3.63) is 0 Å². The normalized spacial score (nSPS) is 25.0. The standard InChI is InChI=1S/C10H19N3/c1-4-5-7(2)10-8(3)6-9(11)12-13-10/h7-8H,4-6H2,1-3H3,(H2,11,12). The van der Waals surface area contributed by atoms with Gasteiger partial charge < -0.3 is 5.73 Å². The minimum Gasteiger partial charge on any atom is -0.386 e. The van der Waals surface area contributed by atoms with Gasteiger partial charge in [0, 0.05) is 18.1 Å². The van der Waals surface area contributed by atoms with Crippen molar-refractivity contribution in [2.24, 2.45) is 27.8 Å². The minimum atomic E-state index is 0.471. The molecule has 1 aliphatic heterocycles. The summed E-state index contributed by atoms with van der Waals surface area (Å²) in [6, 6.07) is 0. The summed E-state index contributed by atoms with van der Waals surface area (Å²) in [6.45, 7) is 6.59. The molecule has 1 heterocycles. The van der Waals surface area contributed by atoms with Gasteiger partial charge in [-0.1, -0.05) is 27.2 Å². The van der Waals surface area contributed by atoms with Gasteiger partial charge in [-0.2, -0.15) is 5.10 Å². The highest BCUT2D eigenvalue weighted by Gasteiger charge is 2.21. The molecule has 3 nitrogen and oxygen atoms in total. The number of hydrogen-bond acceptors (Lipinski definition) is 3. The second-order valence-corrected chi connectivity index (χ2v) is 3.91. The van der Waals surface area contributed by atoms with E-state index in [-0.39, 0.29) is 0 Å². The van der Waals surface area contributed by atoms with Crippen LogP contribution in [-0.4, -0.2) is 11.5 Å². The molecule has 0 saturated heterocycles. The van der Waals surface area contributed by atoms with Crippen LogP contribution in [0.4, 0.5) is 0 Å². The van der Waals surface area contributed by atoms with Crippen molar-refractivity contribution in [3.8, 4) is 0 Å². The third-order valence-electron chi connectivity index (χ3n) is 2.54. The van der Waals surface area contributed by atoms with Crippen molar-refractivity contribution < 1.29 is 0 Å². The largest absolute Gasteiger partial charge is 0.386 e. The molecule has 0 aromatic rings. The zero-order valence-electron chi connectivity index (χ0n) is 8.75. The van der Waals surface area contributed by atoms with Gasteiger partial charge in [-0.05, 0) is 12.3 Å². The van der Waals surface area contributed by atoms with Gasteiger partial charge >= 0.3 is 0 Å². The number of amidine groups is 1. The van der Waals surface area contributed by atoms with E-state index in [0.717, 1.165) is 6.42 Å². The SMILES string of the molecule is CCCC(C)C1=NN=C(N)CC1C. The van der Waals surface area contributed by atoms with E-state index in [0.29, 0.717) is 17.7 Å². The molecule has 0 bridgehead atoms. The minimum absolute atomic E-state index is 0.471. The summed E-state index contributed by atoms with van der Waals surface area (Å²) in [4.78, 5) is 0. The predicted molar refractivity (Wildman–Crippen MR) is 56.9 cm³/mol. The Labute approximate surface area is 80.1 Å². The molecule has 1 rings (SSSR count). The first-order valence-corrected chi connectivity index (χ1v) is 5.05. The maximum Gasteiger partial charge on any atom is 0.123 e. The van der Waals surface area contributed by atoms with Gasteiger partial charge in [0.15, 0.2) is 0 Å². The van der Waals surface area contributed by atoms with Crippen LogP contribution in [0.25, 0.3) is 0 Å². The molecule has 0 radical (unpaired) electrons. The summed E-state index contributed by atoms with van der Waals surface area (Å²) in [5, 5.41) is 8.14. The van der Waals surface area contributed by atoms with E-state index in [1.807, 2.05) is 0 Å². The second-order valence-electron chi connectivity index (χ2n) is 3.91. The van der Waals surface area contributed by atoms with Crippen molar-refractivity contribution in [2.45, 2.75) is 40.0 Å². The summed E-state index contributed by atoms with van der Waals surface area (Å²) in [7, 11) is 0. The second kappa shape index (κ2) is 4.40. The summed E-state index contributed by atoms with van der Waals surface area (Å²) in [5.74, 6) is 1.69. The van der Waals surface area contributed by atoms with Crippen molar-refractivity contribution in [1.82, 2.24) is 0 Å². The van der Waals surface area contributed by atoms with Gasteiger partial charge in [-0.25, -0.2) is 0 Å². The molecule has 0 spiro atoms. The molecule has 13 heavy (non-hydrogen) atoms. The summed E-state index contributed by atoms with van der Waals surface area (Å²) in [6.07, 6.45) is 3.26. The highest BCUT2D eigenvalue weighted by molar-refractivity contribution is 5.95. The summed E-state index contributed by atoms with van der Waals surface area (Å²) in [5.41, 5.74) is 6.82. The molecule has 0 aliphatic carbocycles. The number of hydrogen-bond donors (Lipinski definition) is 1. The molecular weight excluding hydrogens is 162 g/mol. The third-order valence-corrected chi connectivity index (χ3v) is 2.54. The van der Waals surface area contributed by atoms with Crippen LogP contribution >= 0.6 is 0 Å². The van der Waals surface area contributed by atoms with E-state index in [9.17, 15) is 0 Å². The Morgan fingerprint density at radius 2 is 2.23 bits per heavy atom. The molecule has 0 fully saturated rings. The van der Waals surface area contributed by atoms with Gasteiger partial charge in [0.2, 0.25) is 0 Å². The van der Waals surface area contributed by atoms with Gasteiger partial charge in [0.25, 0.3) is 0 Å². The number of nitrogens with zero attached hydrogens (tertiary/aromatic N) is 2. The zero-order valence-corrected chi connectivity index (χ0v) is 8.75. The van der Waals surface area contributed by atoms with Crippen molar-refractivity contribution in [2.75, 3.05) is 0 Å². The fraction of sp³-hybridized carbons (Fsp3) is 0.800. The molecule has 0 saturated carbocycles. The highest BCUT2D eigenvalue weighted by Crippen LogP contribution is 2.19. The predicted octanol–water partition coefficient (Wildman–Crippen LogP) is 2.18. The van der Waals surface area contributed by atoms with E-state index < -0.39 is 0 Å². The van der Waals surface area contributed by atoms with Gasteiger partial charge in [0.05, 0.1) is 0 Å². The van der Waals surface area contributed by atoms with E-state index >= 15 is 0 Å². The van der Waals surface area contributed by atoms with Crippen LogP contribution in [0.15, 0.2) is 10.2 Å². The first-order chi connectivity index (χ1) is 6.15. The molecule has 2 atom stereocenters. The topological polar surface area (TPSA) is 50.7 Å². The van der Waals surface area contributed by atoms with Crippen LogP contribution in [0.5, 0.6) is 0 Å². The number of rotatable bonds is 3. The van der Waals surface area contributed by atoms with E-state index in [2.05, 4.69) is 31.0 Å². The smallest absolute Gasteiger partial charge is 0.123 e. The summed E-state index contributed by atoms with van der Waals surface area (Å²) >= 11 is 0. The van der Waals surface area contributed by atoms with Crippen LogP contribution in [0, 0.1) is 11.8 Å². The van der Waals surface area contributed by atoms with Crippen molar-refractivity contribution >= 4 is 11.5 Å². The maximum atomic E-state index is 5.60. The van der Waals surface area contributed by atoms with Crippen LogP contribution < -0.4 is 5.73 Å². The molecule has 0 aromatic carbocycles. The monoisotopic (exact) mass is 181 g/mol. The molecule has 74 valence electrons. The van der Waals surface area contributed by atoms with Crippen LogP contribution in [0.3, 0.4) is 0 Å². The Morgan fingerprint density at radius 1 is 1.54 bits per heavy atom. The average molecular weight is 181 g/mol. The molecule has 2 unspecified atom stereocenters. The molecule has 3 heteroatoms. The summed E-state index contributed by atoms with van der Waals surface area (Å²) < 4.78 is 0. The Balaban J connectivity index is 2.67. The first-order valence-electron chi connectivity index (χ1n) is 5.05. The highest BCUT2D eigenvalue weighted by atomic mass is 15.2. The maximum absolute atomic E-state index is 5.60. The first kappa shape index (κ1) is 10.2. The molecular formula is C10H19N3. The van der Waals surface area contributed by atoms with Gasteiger partial charge in [-0.15, -0.1) is 5.10 Å². The molecule has 0 aromatic heterocycles. The molecule has 0 amide bonds. The Bertz CT molecular complexity index is 230. The van der Waals surface area contributed by atoms with E-state index in [4.69, 9.17) is 5.73 Å². The van der Waals surface area contributed by atoms with Crippen molar-refractivity contribution in [3.63, 3.8) is 0 Å². The lowest BCUT2D eigenvalue weighted by molar-refractivity contribution is 0.614. The Morgan fingerprint density at radius 3 is 2.77 bits per heavy atom. The third kappa shape index (κ3) is 2.54. The molecule has 1 aliphatic rings. The Kier molecular flexibility index (Phi) is 3.46. The zero-order chi connectivity index (χ0) is 9.84. The fourth-order valence-corrected chi connectivity index (χ4v) is 1.84. The van der Waals surface area contributed by atoms with Crippen LogP contribution in [0.1, 0.15) is 40.0 Å². The lowest BCUT2D eigenvalue weighted by Gasteiger charge is -2.21.